The molecular weight excluding hydrogens is 284 g/mol. The number of nitrogens with one attached hydrogen (secondary N) is 2. The SMILES string of the molecule is Nc1c(C(=O)NCc2cc3c(s2)CCC3)n[nH]c1C1CC1. The Bertz CT molecular complexity index is 677. The highest BCUT2D eigenvalue weighted by Crippen LogP contribution is 2.42. The molecule has 2 aromatic heterocycles. The highest BCUT2D eigenvalue weighted by molar-refractivity contribution is 7.12. The highest BCUT2D eigenvalue weighted by atomic mass is 32.1. The average molecular weight is 302 g/mol. The third-order valence-corrected chi connectivity index (χ3v) is 5.49. The molecule has 0 saturated heterocycles. The van der Waals surface area contributed by atoms with Crippen LogP contribution in [0.3, 0.4) is 0 Å². The van der Waals surface area contributed by atoms with E-state index in [4.69, 9.17) is 5.73 Å². The zero-order valence-electron chi connectivity index (χ0n) is 11.7. The second kappa shape index (κ2) is 4.87. The van der Waals surface area contributed by atoms with Crippen LogP contribution in [0.1, 0.15) is 56.7 Å². The van der Waals surface area contributed by atoms with Gasteiger partial charge in [-0.05, 0) is 43.7 Å². The normalized spacial score (nSPS) is 17.0. The smallest absolute Gasteiger partial charge is 0.274 e. The van der Waals surface area contributed by atoms with Crippen molar-refractivity contribution in [1.82, 2.24) is 15.5 Å². The molecule has 21 heavy (non-hydrogen) atoms. The van der Waals surface area contributed by atoms with Gasteiger partial charge in [-0.25, -0.2) is 0 Å². The molecule has 0 radical (unpaired) electrons. The summed E-state index contributed by atoms with van der Waals surface area (Å²) in [6.07, 6.45) is 5.89. The molecule has 110 valence electrons. The quantitative estimate of drug-likeness (QED) is 0.810. The van der Waals surface area contributed by atoms with E-state index in [0.29, 0.717) is 23.8 Å². The number of rotatable bonds is 4. The summed E-state index contributed by atoms with van der Waals surface area (Å²) in [5, 5.41) is 9.92. The fraction of sp³-hybridized carbons (Fsp3) is 0.467. The number of hydrogen-bond acceptors (Lipinski definition) is 4. The van der Waals surface area contributed by atoms with Crippen molar-refractivity contribution < 1.29 is 4.79 Å². The van der Waals surface area contributed by atoms with Crippen molar-refractivity contribution in [2.24, 2.45) is 0 Å². The van der Waals surface area contributed by atoms with E-state index in [-0.39, 0.29) is 5.91 Å². The van der Waals surface area contributed by atoms with E-state index in [2.05, 4.69) is 21.6 Å². The minimum atomic E-state index is -0.191. The predicted molar refractivity (Wildman–Crippen MR) is 82.5 cm³/mol. The van der Waals surface area contributed by atoms with E-state index >= 15 is 0 Å². The number of amides is 1. The van der Waals surface area contributed by atoms with Gasteiger partial charge < -0.3 is 11.1 Å². The number of nitrogens with two attached hydrogens (primary N) is 1. The lowest BCUT2D eigenvalue weighted by atomic mass is 10.2. The van der Waals surface area contributed by atoms with Gasteiger partial charge in [-0.15, -0.1) is 11.3 Å². The summed E-state index contributed by atoms with van der Waals surface area (Å²) in [5.74, 6) is 0.281. The molecule has 0 aliphatic heterocycles. The maximum absolute atomic E-state index is 12.2. The van der Waals surface area contributed by atoms with Crippen LogP contribution < -0.4 is 11.1 Å². The van der Waals surface area contributed by atoms with Crippen molar-refractivity contribution in [3.63, 3.8) is 0 Å². The number of nitrogen functional groups attached to an aromatic ring is 1. The molecule has 6 heteroatoms. The van der Waals surface area contributed by atoms with Crippen molar-refractivity contribution in [2.75, 3.05) is 5.73 Å². The topological polar surface area (TPSA) is 83.8 Å². The van der Waals surface area contributed by atoms with Gasteiger partial charge in [0, 0.05) is 15.7 Å². The Morgan fingerprint density at radius 1 is 1.48 bits per heavy atom. The van der Waals surface area contributed by atoms with Crippen LogP contribution in [0.25, 0.3) is 0 Å². The van der Waals surface area contributed by atoms with Crippen LogP contribution in [0.4, 0.5) is 5.69 Å². The summed E-state index contributed by atoms with van der Waals surface area (Å²) < 4.78 is 0. The van der Waals surface area contributed by atoms with E-state index in [9.17, 15) is 4.79 Å². The number of anilines is 1. The molecule has 5 nitrogen and oxygen atoms in total. The molecule has 0 unspecified atom stereocenters. The Morgan fingerprint density at radius 3 is 3.10 bits per heavy atom. The molecule has 0 aromatic carbocycles. The Morgan fingerprint density at radius 2 is 2.33 bits per heavy atom. The molecule has 2 aromatic rings. The third-order valence-electron chi connectivity index (χ3n) is 4.25. The van der Waals surface area contributed by atoms with Crippen LogP contribution in [0.15, 0.2) is 6.07 Å². The Kier molecular flexibility index (Phi) is 2.99. The lowest BCUT2D eigenvalue weighted by molar-refractivity contribution is 0.0947. The van der Waals surface area contributed by atoms with Crippen molar-refractivity contribution in [3.05, 3.63) is 32.8 Å². The number of fused-ring (bicyclic) bond motifs is 1. The number of H-pyrrole nitrogens is 1. The predicted octanol–water partition coefficient (Wildman–Crippen LogP) is 2.35. The third kappa shape index (κ3) is 2.33. The van der Waals surface area contributed by atoms with Crippen LogP contribution in [-0.4, -0.2) is 16.1 Å². The molecule has 0 spiro atoms. The monoisotopic (exact) mass is 302 g/mol. The fourth-order valence-corrected chi connectivity index (χ4v) is 4.15. The van der Waals surface area contributed by atoms with Gasteiger partial charge in [0.1, 0.15) is 0 Å². The summed E-state index contributed by atoms with van der Waals surface area (Å²) in [6.45, 7) is 0.557. The minimum absolute atomic E-state index is 0.191. The largest absolute Gasteiger partial charge is 0.395 e. The summed E-state index contributed by atoms with van der Waals surface area (Å²) in [4.78, 5) is 14.9. The lowest BCUT2D eigenvalue weighted by Crippen LogP contribution is -2.23. The van der Waals surface area contributed by atoms with E-state index in [0.717, 1.165) is 18.5 Å². The average Bonchev–Trinajstić information content (AvgIpc) is 2.91. The standard InChI is InChI=1S/C15H18N4OS/c16-12-13(8-4-5-8)18-19-14(12)15(20)17-7-10-6-9-2-1-3-11(9)21-10/h6,8H,1-5,7,16H2,(H,17,20)(H,18,19). The first kappa shape index (κ1) is 12.9. The van der Waals surface area contributed by atoms with Crippen molar-refractivity contribution >= 4 is 22.9 Å². The first-order valence-electron chi connectivity index (χ1n) is 7.44. The van der Waals surface area contributed by atoms with Crippen LogP contribution in [-0.2, 0) is 19.4 Å². The van der Waals surface area contributed by atoms with Crippen LogP contribution in [0.5, 0.6) is 0 Å². The molecular formula is C15H18N4OS. The Balaban J connectivity index is 1.43. The Hall–Kier alpha value is -1.82. The summed E-state index contributed by atoms with van der Waals surface area (Å²) in [7, 11) is 0. The summed E-state index contributed by atoms with van der Waals surface area (Å²) in [6, 6.07) is 2.22. The van der Waals surface area contributed by atoms with Gasteiger partial charge in [-0.3, -0.25) is 9.89 Å². The van der Waals surface area contributed by atoms with E-state index < -0.39 is 0 Å². The number of nitrogens with zero attached hydrogens (tertiary/aromatic N) is 1. The van der Waals surface area contributed by atoms with Crippen molar-refractivity contribution in [2.45, 2.75) is 44.6 Å². The first-order chi connectivity index (χ1) is 10.2. The number of carbonyl (C=O) groups excluding carboxylic acids is 1. The molecule has 4 rings (SSSR count). The van der Waals surface area contributed by atoms with Crippen molar-refractivity contribution in [3.8, 4) is 0 Å². The number of aryl methyl sites for hydroxylation is 2. The van der Waals surface area contributed by atoms with Gasteiger partial charge in [-0.2, -0.15) is 5.10 Å². The summed E-state index contributed by atoms with van der Waals surface area (Å²) in [5.41, 5.74) is 9.26. The number of carbonyl (C=O) groups is 1. The molecule has 4 N–H and O–H groups in total. The van der Waals surface area contributed by atoms with Gasteiger partial charge >= 0.3 is 0 Å². The van der Waals surface area contributed by atoms with E-state index in [1.165, 1.54) is 34.6 Å². The zero-order valence-corrected chi connectivity index (χ0v) is 12.6. The summed E-state index contributed by atoms with van der Waals surface area (Å²) >= 11 is 1.81. The van der Waals surface area contributed by atoms with Crippen molar-refractivity contribution in [1.29, 1.82) is 0 Å². The molecule has 1 fully saturated rings. The van der Waals surface area contributed by atoms with Gasteiger partial charge in [0.2, 0.25) is 0 Å². The molecule has 1 amide bonds. The maximum Gasteiger partial charge on any atom is 0.274 e. The van der Waals surface area contributed by atoms with Crippen LogP contribution in [0.2, 0.25) is 0 Å². The number of aromatic amines is 1. The second-order valence-corrected chi connectivity index (χ2v) is 7.09. The van der Waals surface area contributed by atoms with Crippen LogP contribution in [0, 0.1) is 0 Å². The number of hydrogen-bond donors (Lipinski definition) is 3. The molecule has 1 saturated carbocycles. The number of aromatic nitrogens is 2. The molecule has 0 bridgehead atoms. The van der Waals surface area contributed by atoms with E-state index in [1.807, 2.05) is 11.3 Å². The zero-order chi connectivity index (χ0) is 14.4. The van der Waals surface area contributed by atoms with Crippen LogP contribution >= 0.6 is 11.3 Å². The molecule has 2 aliphatic carbocycles. The van der Waals surface area contributed by atoms with Gasteiger partial charge in [0.25, 0.3) is 5.91 Å². The fourth-order valence-electron chi connectivity index (χ4n) is 2.95. The minimum Gasteiger partial charge on any atom is -0.395 e. The Labute approximate surface area is 126 Å². The van der Waals surface area contributed by atoms with Gasteiger partial charge in [-0.1, -0.05) is 0 Å². The second-order valence-electron chi connectivity index (χ2n) is 5.87. The van der Waals surface area contributed by atoms with Gasteiger partial charge in [0.15, 0.2) is 5.69 Å². The lowest BCUT2D eigenvalue weighted by Gasteiger charge is -2.02. The highest BCUT2D eigenvalue weighted by Gasteiger charge is 2.30. The molecule has 2 heterocycles. The molecule has 0 atom stereocenters. The van der Waals surface area contributed by atoms with Gasteiger partial charge in [0.05, 0.1) is 17.9 Å². The number of thiophene rings is 1. The van der Waals surface area contributed by atoms with E-state index in [1.54, 1.807) is 0 Å². The maximum atomic E-state index is 12.2. The first-order valence-corrected chi connectivity index (χ1v) is 8.26. The molecule has 2 aliphatic rings.